The Hall–Kier alpha value is -3.67. The van der Waals surface area contributed by atoms with Gasteiger partial charge in [0.2, 0.25) is 5.91 Å². The van der Waals surface area contributed by atoms with Crippen molar-refractivity contribution in [2.75, 3.05) is 47.5 Å². The second-order valence-electron chi connectivity index (χ2n) is 11.4. The largest absolute Gasteiger partial charge is 0.490 e. The molecule has 0 spiro atoms. The van der Waals surface area contributed by atoms with Crippen LogP contribution in [0.3, 0.4) is 0 Å². The molecule has 1 aromatic carbocycles. The van der Waals surface area contributed by atoms with Crippen LogP contribution in [0.5, 0.6) is 5.75 Å². The molecule has 1 saturated carbocycles. The van der Waals surface area contributed by atoms with Crippen LogP contribution in [0.25, 0.3) is 32.6 Å². The van der Waals surface area contributed by atoms with Crippen molar-refractivity contribution >= 4 is 27.3 Å². The number of carbonyl (C=O) groups excluding carboxylic acids is 1. The maximum absolute atomic E-state index is 15.9. The Balaban J connectivity index is 1.57. The molecule has 0 bridgehead atoms. The van der Waals surface area contributed by atoms with Crippen LogP contribution in [-0.2, 0) is 16.1 Å². The first-order chi connectivity index (χ1) is 20.7. The highest BCUT2D eigenvalue weighted by Gasteiger charge is 2.42. The van der Waals surface area contributed by atoms with Crippen molar-refractivity contribution in [2.24, 2.45) is 5.92 Å². The van der Waals surface area contributed by atoms with Crippen LogP contribution in [-0.4, -0.2) is 78.0 Å². The monoisotopic (exact) mass is 607 g/mol. The predicted octanol–water partition coefficient (Wildman–Crippen LogP) is 5.88. The number of thiophene rings is 1. The third-order valence-corrected chi connectivity index (χ3v) is 9.22. The average Bonchev–Trinajstić information content (AvgIpc) is 3.33. The number of aromatic nitrogens is 3. The van der Waals surface area contributed by atoms with Crippen molar-refractivity contribution < 1.29 is 23.0 Å². The normalized spacial score (nSPS) is 19.6. The highest BCUT2D eigenvalue weighted by molar-refractivity contribution is 7.17. The summed E-state index contributed by atoms with van der Waals surface area (Å²) in [6, 6.07) is 5.81. The minimum absolute atomic E-state index is 0.0806. The highest BCUT2D eigenvalue weighted by Crippen LogP contribution is 2.53. The zero-order chi connectivity index (χ0) is 30.4. The van der Waals surface area contributed by atoms with Crippen molar-refractivity contribution in [2.45, 2.75) is 31.8 Å². The summed E-state index contributed by atoms with van der Waals surface area (Å²) < 4.78 is 44.2. The highest BCUT2D eigenvalue weighted by atomic mass is 32.1. The summed E-state index contributed by atoms with van der Waals surface area (Å²) in [5, 5.41) is 7.88. The van der Waals surface area contributed by atoms with Crippen molar-refractivity contribution in [1.29, 1.82) is 0 Å². The quantitative estimate of drug-likeness (QED) is 0.166. The second-order valence-corrected chi connectivity index (χ2v) is 12.4. The fourth-order valence-electron chi connectivity index (χ4n) is 6.18. The molecule has 43 heavy (non-hydrogen) atoms. The number of halogens is 2. The number of pyridine rings is 1. The van der Waals surface area contributed by atoms with Crippen molar-refractivity contribution in [3.8, 4) is 28.3 Å². The number of amides is 1. The molecule has 3 aromatic heterocycles. The van der Waals surface area contributed by atoms with Gasteiger partial charge in [-0.1, -0.05) is 6.58 Å². The molecule has 1 aliphatic carbocycles. The van der Waals surface area contributed by atoms with E-state index < -0.39 is 11.6 Å². The topological polar surface area (TPSA) is 72.7 Å². The van der Waals surface area contributed by atoms with Crippen molar-refractivity contribution in [3.63, 3.8) is 0 Å². The lowest BCUT2D eigenvalue weighted by Gasteiger charge is -2.33. The molecule has 6 rings (SSSR count). The Bertz CT molecular complexity index is 1700. The molecule has 2 aliphatic rings. The average molecular weight is 608 g/mol. The molecule has 4 aromatic rings. The van der Waals surface area contributed by atoms with Gasteiger partial charge < -0.3 is 19.3 Å². The van der Waals surface area contributed by atoms with E-state index in [1.54, 1.807) is 12.0 Å². The molecule has 3 atom stereocenters. The lowest BCUT2D eigenvalue weighted by molar-refractivity contribution is -0.129. The Morgan fingerprint density at radius 3 is 2.77 bits per heavy atom. The second kappa shape index (κ2) is 11.8. The van der Waals surface area contributed by atoms with E-state index in [2.05, 4.69) is 25.6 Å². The fraction of sp³-hybridized carbons (Fsp3) is 0.406. The molecule has 2 unspecified atom stereocenters. The zero-order valence-corrected chi connectivity index (χ0v) is 25.6. The molecule has 11 heteroatoms. The van der Waals surface area contributed by atoms with E-state index in [0.717, 1.165) is 40.5 Å². The van der Waals surface area contributed by atoms with Crippen molar-refractivity contribution in [1.82, 2.24) is 24.6 Å². The Kier molecular flexibility index (Phi) is 8.06. The molecule has 0 N–H and O–H groups in total. The number of ether oxygens (including phenoxy) is 2. The smallest absolute Gasteiger partial charge is 0.246 e. The first kappa shape index (κ1) is 29.4. The molecule has 1 aliphatic heterocycles. The molecule has 1 fully saturated rings. The first-order valence-corrected chi connectivity index (χ1v) is 15.3. The Morgan fingerprint density at radius 2 is 2.02 bits per heavy atom. The summed E-state index contributed by atoms with van der Waals surface area (Å²) in [4.78, 5) is 21.7. The summed E-state index contributed by atoms with van der Waals surface area (Å²) in [6.07, 6.45) is 2.34. The fourth-order valence-corrected chi connectivity index (χ4v) is 7.14. The predicted molar refractivity (Wildman–Crippen MR) is 163 cm³/mol. The van der Waals surface area contributed by atoms with Crippen LogP contribution >= 0.6 is 11.3 Å². The van der Waals surface area contributed by atoms with Gasteiger partial charge in [-0.25, -0.2) is 13.8 Å². The van der Waals surface area contributed by atoms with Crippen LogP contribution in [0.15, 0.2) is 42.3 Å². The number of methoxy groups -OCH3 is 1. The van der Waals surface area contributed by atoms with E-state index in [9.17, 15) is 9.18 Å². The maximum atomic E-state index is 15.9. The number of hydrogen-bond donors (Lipinski definition) is 0. The molecular weight excluding hydrogens is 572 g/mol. The summed E-state index contributed by atoms with van der Waals surface area (Å²) in [5.41, 5.74) is 3.56. The number of hydrogen-bond acceptors (Lipinski definition) is 7. The van der Waals surface area contributed by atoms with Gasteiger partial charge in [0.05, 0.1) is 36.1 Å². The van der Waals surface area contributed by atoms with Gasteiger partial charge in [-0.15, -0.1) is 11.3 Å². The number of nitrogens with zero attached hydrogens (tertiary/aromatic N) is 5. The summed E-state index contributed by atoms with van der Waals surface area (Å²) >= 11 is 1.50. The molecule has 1 amide bonds. The van der Waals surface area contributed by atoms with Gasteiger partial charge >= 0.3 is 0 Å². The van der Waals surface area contributed by atoms with Gasteiger partial charge in [-0.3, -0.25) is 9.48 Å². The first-order valence-electron chi connectivity index (χ1n) is 14.4. The van der Waals surface area contributed by atoms with Gasteiger partial charge in [0.25, 0.3) is 0 Å². The molecule has 0 saturated heterocycles. The lowest BCUT2D eigenvalue weighted by Crippen LogP contribution is -2.40. The van der Waals surface area contributed by atoms with Crippen LogP contribution < -0.4 is 4.74 Å². The Labute approximate surface area is 253 Å². The van der Waals surface area contributed by atoms with E-state index in [4.69, 9.17) is 19.6 Å². The van der Waals surface area contributed by atoms with Gasteiger partial charge in [0.1, 0.15) is 35.4 Å². The van der Waals surface area contributed by atoms with Gasteiger partial charge in [0.15, 0.2) is 0 Å². The third kappa shape index (κ3) is 5.45. The lowest BCUT2D eigenvalue weighted by atomic mass is 9.96. The minimum atomic E-state index is -0.741. The van der Waals surface area contributed by atoms with Gasteiger partial charge in [0, 0.05) is 53.9 Å². The van der Waals surface area contributed by atoms with Gasteiger partial charge in [-0.2, -0.15) is 5.10 Å². The SMILES string of the molecule is C=CC(=O)N1CCn2nc(-c3nc(C4CC4CN(C)C)c4ccsc4c3-c3c(F)cc(F)cc3OCCOC)cc2[C@H]1C. The van der Waals surface area contributed by atoms with Gasteiger partial charge in [-0.05, 0) is 56.9 Å². The van der Waals surface area contributed by atoms with E-state index in [1.165, 1.54) is 23.5 Å². The third-order valence-electron chi connectivity index (χ3n) is 8.28. The molecular formula is C32H35F2N5O3S. The van der Waals surface area contributed by atoms with E-state index in [-0.39, 0.29) is 42.4 Å². The van der Waals surface area contributed by atoms with E-state index in [0.29, 0.717) is 36.0 Å². The number of fused-ring (bicyclic) bond motifs is 2. The number of rotatable bonds is 10. The summed E-state index contributed by atoms with van der Waals surface area (Å²) in [5.74, 6) is -0.806. The van der Waals surface area contributed by atoms with Crippen LogP contribution in [0.1, 0.15) is 36.7 Å². The Morgan fingerprint density at radius 1 is 1.21 bits per heavy atom. The molecule has 0 radical (unpaired) electrons. The molecule has 8 nitrogen and oxygen atoms in total. The zero-order valence-electron chi connectivity index (χ0n) is 24.8. The van der Waals surface area contributed by atoms with Crippen LogP contribution in [0, 0.1) is 17.6 Å². The summed E-state index contributed by atoms with van der Waals surface area (Å²) in [6.45, 7) is 7.93. The standard InChI is InChI=1S/C32H35F2N5O3S/c1-6-27(40)38-8-9-39-25(18(38)2)16-24(36-39)31-29(28-23(34)14-20(33)15-26(28)42-11-10-41-5)32-21(7-12-43-32)30(35-31)22-13-19(22)17-37(3)4/h6-7,12,14-16,18-19,22H,1,8-11,13,17H2,2-5H3/t18-,19?,22?/m1/s1. The number of benzene rings is 1. The summed E-state index contributed by atoms with van der Waals surface area (Å²) in [7, 11) is 5.67. The van der Waals surface area contributed by atoms with Crippen LogP contribution in [0.4, 0.5) is 8.78 Å². The molecule has 226 valence electrons. The maximum Gasteiger partial charge on any atom is 0.246 e. The van der Waals surface area contributed by atoms with E-state index >= 15 is 4.39 Å². The van der Waals surface area contributed by atoms with Crippen molar-refractivity contribution in [3.05, 3.63) is 65.3 Å². The van der Waals surface area contributed by atoms with E-state index in [1.807, 2.05) is 29.1 Å². The van der Waals surface area contributed by atoms with Crippen LogP contribution in [0.2, 0.25) is 0 Å². The minimum Gasteiger partial charge on any atom is -0.490 e. The number of carbonyl (C=O) groups is 1. The molecule has 4 heterocycles.